The van der Waals surface area contributed by atoms with Gasteiger partial charge < -0.3 is 10.1 Å². The third kappa shape index (κ3) is 5.11. The van der Waals surface area contributed by atoms with Gasteiger partial charge in [0.15, 0.2) is 0 Å². The third-order valence-corrected chi connectivity index (χ3v) is 5.48. The average molecular weight is 414 g/mol. The Balaban J connectivity index is 1.74. The summed E-state index contributed by atoms with van der Waals surface area (Å²) >= 11 is 0. The van der Waals surface area contributed by atoms with E-state index >= 15 is 0 Å². The van der Waals surface area contributed by atoms with Crippen LogP contribution in [0.4, 0.5) is 10.1 Å². The summed E-state index contributed by atoms with van der Waals surface area (Å²) in [6.07, 6.45) is 0. The second kappa shape index (κ2) is 8.74. The molecule has 2 N–H and O–H groups in total. The molecular weight excluding hydrogens is 395 g/mol. The summed E-state index contributed by atoms with van der Waals surface area (Å²) in [6.45, 7) is 0.250. The molecular formula is C21H19FN2O4S. The fourth-order valence-electron chi connectivity index (χ4n) is 2.62. The van der Waals surface area contributed by atoms with Crippen molar-refractivity contribution in [2.45, 2.75) is 11.4 Å². The Morgan fingerprint density at radius 3 is 2.52 bits per heavy atom. The number of halogens is 1. The molecule has 0 saturated heterocycles. The maximum Gasteiger partial charge on any atom is 0.262 e. The SMILES string of the molecule is COc1cccc(CNC(=O)c2cccc(S(=O)(=O)Nc3ccccc3F)c2)c1. The number of carbonyl (C=O) groups is 1. The van der Waals surface area contributed by atoms with Crippen molar-refractivity contribution in [1.29, 1.82) is 0 Å². The number of anilines is 1. The number of rotatable bonds is 7. The van der Waals surface area contributed by atoms with E-state index in [-0.39, 0.29) is 22.7 Å². The van der Waals surface area contributed by atoms with E-state index in [1.165, 1.54) is 42.5 Å². The van der Waals surface area contributed by atoms with E-state index in [4.69, 9.17) is 4.74 Å². The van der Waals surface area contributed by atoms with Gasteiger partial charge >= 0.3 is 0 Å². The number of ether oxygens (including phenoxy) is 1. The monoisotopic (exact) mass is 414 g/mol. The van der Waals surface area contributed by atoms with Crippen LogP contribution in [0.2, 0.25) is 0 Å². The first-order valence-corrected chi connectivity index (χ1v) is 10.2. The van der Waals surface area contributed by atoms with Crippen LogP contribution in [0.3, 0.4) is 0 Å². The van der Waals surface area contributed by atoms with Crippen molar-refractivity contribution in [2.75, 3.05) is 11.8 Å². The molecule has 29 heavy (non-hydrogen) atoms. The Morgan fingerprint density at radius 1 is 1.00 bits per heavy atom. The molecule has 0 aliphatic heterocycles. The van der Waals surface area contributed by atoms with Crippen molar-refractivity contribution in [2.24, 2.45) is 0 Å². The lowest BCUT2D eigenvalue weighted by atomic mass is 10.2. The van der Waals surface area contributed by atoms with E-state index in [1.54, 1.807) is 19.2 Å². The van der Waals surface area contributed by atoms with Gasteiger partial charge in [0.25, 0.3) is 15.9 Å². The molecule has 0 saturated carbocycles. The van der Waals surface area contributed by atoms with Crippen molar-refractivity contribution in [3.05, 3.63) is 89.7 Å². The summed E-state index contributed by atoms with van der Waals surface area (Å²) in [7, 11) is -2.50. The van der Waals surface area contributed by atoms with Crippen LogP contribution in [0, 0.1) is 5.82 Å². The summed E-state index contributed by atoms with van der Waals surface area (Å²) < 4.78 is 46.2. The van der Waals surface area contributed by atoms with Crippen LogP contribution in [0.15, 0.2) is 77.7 Å². The molecule has 0 spiro atoms. The Morgan fingerprint density at radius 2 is 1.76 bits per heavy atom. The predicted molar refractivity (Wildman–Crippen MR) is 108 cm³/mol. The summed E-state index contributed by atoms with van der Waals surface area (Å²) in [5.74, 6) is -0.455. The highest BCUT2D eigenvalue weighted by atomic mass is 32.2. The van der Waals surface area contributed by atoms with Crippen molar-refractivity contribution in [1.82, 2.24) is 5.32 Å². The van der Waals surface area contributed by atoms with Gasteiger partial charge in [0.2, 0.25) is 0 Å². The molecule has 3 aromatic carbocycles. The average Bonchev–Trinajstić information content (AvgIpc) is 2.74. The summed E-state index contributed by atoms with van der Waals surface area (Å²) in [4.78, 5) is 12.3. The smallest absolute Gasteiger partial charge is 0.262 e. The van der Waals surface area contributed by atoms with Crippen LogP contribution in [0.1, 0.15) is 15.9 Å². The molecule has 0 bridgehead atoms. The van der Waals surface area contributed by atoms with E-state index in [0.717, 1.165) is 11.6 Å². The van der Waals surface area contributed by atoms with Gasteiger partial charge in [-0.15, -0.1) is 0 Å². The fraction of sp³-hybridized carbons (Fsp3) is 0.0952. The lowest BCUT2D eigenvalue weighted by molar-refractivity contribution is 0.0950. The third-order valence-electron chi connectivity index (χ3n) is 4.11. The minimum atomic E-state index is -4.05. The number of amides is 1. The number of benzene rings is 3. The van der Waals surface area contributed by atoms with Crippen LogP contribution in [-0.4, -0.2) is 21.4 Å². The highest BCUT2D eigenvalue weighted by Crippen LogP contribution is 2.20. The molecule has 3 rings (SSSR count). The van der Waals surface area contributed by atoms with E-state index in [9.17, 15) is 17.6 Å². The molecule has 0 aromatic heterocycles. The number of carbonyl (C=O) groups excluding carboxylic acids is 1. The zero-order valence-electron chi connectivity index (χ0n) is 15.6. The second-order valence-corrected chi connectivity index (χ2v) is 7.83. The molecule has 0 unspecified atom stereocenters. The van der Waals surface area contributed by atoms with Gasteiger partial charge in [-0.25, -0.2) is 12.8 Å². The lowest BCUT2D eigenvalue weighted by Crippen LogP contribution is -2.23. The summed E-state index contributed by atoms with van der Waals surface area (Å²) in [5, 5.41) is 2.73. The normalized spacial score (nSPS) is 11.0. The van der Waals surface area contributed by atoms with E-state index in [2.05, 4.69) is 10.0 Å². The zero-order chi connectivity index (χ0) is 20.9. The first-order valence-electron chi connectivity index (χ1n) is 8.67. The molecule has 1 amide bonds. The van der Waals surface area contributed by atoms with Gasteiger partial charge in [-0.2, -0.15) is 0 Å². The molecule has 6 nitrogen and oxygen atoms in total. The van der Waals surface area contributed by atoms with Crippen molar-refractivity contribution in [3.8, 4) is 5.75 Å². The number of methoxy groups -OCH3 is 1. The number of para-hydroxylation sites is 1. The van der Waals surface area contributed by atoms with Crippen molar-refractivity contribution < 1.29 is 22.3 Å². The Bertz CT molecular complexity index is 1130. The molecule has 0 aliphatic rings. The fourth-order valence-corrected chi connectivity index (χ4v) is 3.73. The Hall–Kier alpha value is -3.39. The van der Waals surface area contributed by atoms with Crippen molar-refractivity contribution >= 4 is 21.6 Å². The molecule has 0 heterocycles. The van der Waals surface area contributed by atoms with Crippen LogP contribution in [0.5, 0.6) is 5.75 Å². The standard InChI is InChI=1S/C21H19FN2O4S/c1-28-17-8-4-6-15(12-17)14-23-21(25)16-7-5-9-18(13-16)29(26,27)24-20-11-3-2-10-19(20)22/h2-13,24H,14H2,1H3,(H,23,25). The van der Waals surface area contributed by atoms with Gasteiger partial charge in [-0.1, -0.05) is 30.3 Å². The van der Waals surface area contributed by atoms with Crippen LogP contribution in [0.25, 0.3) is 0 Å². The van der Waals surface area contributed by atoms with Gasteiger partial charge in [-0.05, 0) is 48.0 Å². The number of sulfonamides is 1. The second-order valence-electron chi connectivity index (χ2n) is 6.15. The van der Waals surface area contributed by atoms with Gasteiger partial charge in [-0.3, -0.25) is 9.52 Å². The van der Waals surface area contributed by atoms with E-state index < -0.39 is 21.7 Å². The highest BCUT2D eigenvalue weighted by Gasteiger charge is 2.18. The zero-order valence-corrected chi connectivity index (χ0v) is 16.4. The van der Waals surface area contributed by atoms with Gasteiger partial charge in [0.1, 0.15) is 11.6 Å². The molecule has 8 heteroatoms. The van der Waals surface area contributed by atoms with Gasteiger partial charge in [0.05, 0.1) is 17.7 Å². The highest BCUT2D eigenvalue weighted by molar-refractivity contribution is 7.92. The summed E-state index contributed by atoms with van der Waals surface area (Å²) in [6, 6.07) is 18.2. The number of hydrogen-bond donors (Lipinski definition) is 2. The lowest BCUT2D eigenvalue weighted by Gasteiger charge is -2.11. The molecule has 0 fully saturated rings. The van der Waals surface area contributed by atoms with Crippen LogP contribution >= 0.6 is 0 Å². The van der Waals surface area contributed by atoms with Crippen LogP contribution in [-0.2, 0) is 16.6 Å². The maximum absolute atomic E-state index is 13.8. The molecule has 0 atom stereocenters. The van der Waals surface area contributed by atoms with E-state index in [0.29, 0.717) is 5.75 Å². The number of nitrogens with one attached hydrogen (secondary N) is 2. The van der Waals surface area contributed by atoms with E-state index in [1.807, 2.05) is 12.1 Å². The topological polar surface area (TPSA) is 84.5 Å². The maximum atomic E-state index is 13.8. The number of hydrogen-bond acceptors (Lipinski definition) is 4. The summed E-state index contributed by atoms with van der Waals surface area (Å²) in [5.41, 5.74) is 0.840. The molecule has 0 aliphatic carbocycles. The first-order chi connectivity index (χ1) is 13.9. The minimum Gasteiger partial charge on any atom is -0.497 e. The molecule has 0 radical (unpaired) electrons. The minimum absolute atomic E-state index is 0.144. The Kier molecular flexibility index (Phi) is 6.13. The quantitative estimate of drug-likeness (QED) is 0.619. The predicted octanol–water partition coefficient (Wildman–Crippen LogP) is 3.57. The van der Waals surface area contributed by atoms with Crippen LogP contribution < -0.4 is 14.8 Å². The first kappa shape index (κ1) is 20.3. The molecule has 3 aromatic rings. The molecule has 150 valence electrons. The Labute approximate surface area is 168 Å². The van der Waals surface area contributed by atoms with Gasteiger partial charge in [0, 0.05) is 12.1 Å². The largest absolute Gasteiger partial charge is 0.497 e. The van der Waals surface area contributed by atoms with Crippen molar-refractivity contribution in [3.63, 3.8) is 0 Å².